The quantitative estimate of drug-likeness (QED) is 0.130. The predicted molar refractivity (Wildman–Crippen MR) is 178 cm³/mol. The number of carbonyl (C=O) groups excluding carboxylic acids is 2. The lowest BCUT2D eigenvalue weighted by atomic mass is 10.0. The summed E-state index contributed by atoms with van der Waals surface area (Å²) < 4.78 is 28.9. The maximum atomic E-state index is 14.4. The van der Waals surface area contributed by atoms with Crippen LogP contribution in [0.25, 0.3) is 0 Å². The number of halogens is 1. The highest BCUT2D eigenvalue weighted by molar-refractivity contribution is 7.92. The van der Waals surface area contributed by atoms with Gasteiger partial charge in [-0.1, -0.05) is 79.2 Å². The average Bonchev–Trinajstić information content (AvgIpc) is 3.06. The Labute approximate surface area is 273 Å². The first-order valence-electron chi connectivity index (χ1n) is 14.7. The first-order chi connectivity index (χ1) is 22.0. The van der Waals surface area contributed by atoms with Crippen LogP contribution in [0.3, 0.4) is 0 Å². The molecule has 4 aromatic rings. The molecule has 0 unspecified atom stereocenters. The molecule has 4 aromatic carbocycles. The molecule has 2 atom stereocenters. The summed E-state index contributed by atoms with van der Waals surface area (Å²) in [7, 11) is -4.32. The van der Waals surface area contributed by atoms with Crippen LogP contribution >= 0.6 is 11.6 Å². The molecule has 12 heteroatoms. The third kappa shape index (κ3) is 8.70. The van der Waals surface area contributed by atoms with E-state index < -0.39 is 33.4 Å². The van der Waals surface area contributed by atoms with Crippen molar-refractivity contribution >= 4 is 44.8 Å². The van der Waals surface area contributed by atoms with Crippen molar-refractivity contribution in [1.82, 2.24) is 10.2 Å². The molecule has 10 nitrogen and oxygen atoms in total. The van der Waals surface area contributed by atoms with E-state index in [9.17, 15) is 28.1 Å². The van der Waals surface area contributed by atoms with E-state index in [1.165, 1.54) is 41.3 Å². The zero-order valence-corrected chi connectivity index (χ0v) is 27.0. The minimum atomic E-state index is -4.32. The highest BCUT2D eigenvalue weighted by Gasteiger charge is 2.35. The molecule has 0 fully saturated rings. The van der Waals surface area contributed by atoms with E-state index in [4.69, 9.17) is 11.6 Å². The normalized spacial score (nSPS) is 12.5. The fourth-order valence-electron chi connectivity index (χ4n) is 4.77. The van der Waals surface area contributed by atoms with Crippen LogP contribution in [0.15, 0.2) is 114 Å². The molecular formula is C34H35ClN4O6S. The highest BCUT2D eigenvalue weighted by atomic mass is 35.5. The minimum absolute atomic E-state index is 0.0130. The van der Waals surface area contributed by atoms with Crippen molar-refractivity contribution in [3.63, 3.8) is 0 Å². The van der Waals surface area contributed by atoms with E-state index in [-0.39, 0.29) is 41.2 Å². The average molecular weight is 663 g/mol. The Morgan fingerprint density at radius 3 is 2.02 bits per heavy atom. The van der Waals surface area contributed by atoms with Crippen LogP contribution in [0.1, 0.15) is 31.4 Å². The smallest absolute Gasteiger partial charge is 0.269 e. The molecule has 0 aromatic heterocycles. The number of nitro groups is 1. The van der Waals surface area contributed by atoms with Gasteiger partial charge in [0, 0.05) is 36.2 Å². The molecular weight excluding hydrogens is 628 g/mol. The van der Waals surface area contributed by atoms with Crippen molar-refractivity contribution in [2.75, 3.05) is 10.8 Å². The fraction of sp³-hybridized carbons (Fsp3) is 0.235. The Hall–Kier alpha value is -4.74. The molecule has 0 aliphatic heterocycles. The van der Waals surface area contributed by atoms with Crippen LogP contribution in [0, 0.1) is 10.1 Å². The van der Waals surface area contributed by atoms with Crippen LogP contribution in [-0.4, -0.2) is 48.7 Å². The number of benzene rings is 4. The van der Waals surface area contributed by atoms with Gasteiger partial charge in [-0.25, -0.2) is 8.42 Å². The second kappa shape index (κ2) is 15.5. The molecule has 0 spiro atoms. The number of hydrogen-bond donors (Lipinski definition) is 1. The summed E-state index contributed by atoms with van der Waals surface area (Å²) in [5, 5.41) is 14.8. The van der Waals surface area contributed by atoms with Gasteiger partial charge < -0.3 is 10.2 Å². The number of amides is 2. The summed E-state index contributed by atoms with van der Waals surface area (Å²) in [5.41, 5.74) is 1.31. The standard InChI is InChI=1S/C34H35ClN4O6S/c1-3-25(2)36-34(41)32(22-26-10-6-4-7-11-26)37(23-27-14-16-28(35)17-15-27)33(40)24-38(29-18-20-30(21-19-29)39(42)43)46(44,45)31-12-8-5-9-13-31/h4-21,25,32H,3,22-24H2,1-2H3,(H,36,41)/t25-,32+/m1/s1. The minimum Gasteiger partial charge on any atom is -0.352 e. The van der Waals surface area contributed by atoms with Gasteiger partial charge in [-0.3, -0.25) is 24.0 Å². The molecule has 0 saturated carbocycles. The van der Waals surface area contributed by atoms with Gasteiger partial charge in [0.25, 0.3) is 15.7 Å². The number of rotatable bonds is 14. The zero-order valence-electron chi connectivity index (χ0n) is 25.5. The van der Waals surface area contributed by atoms with Crippen LogP contribution in [0.4, 0.5) is 11.4 Å². The third-order valence-electron chi connectivity index (χ3n) is 7.50. The summed E-state index contributed by atoms with van der Waals surface area (Å²) >= 11 is 6.12. The number of carbonyl (C=O) groups is 2. The molecule has 0 heterocycles. The lowest BCUT2D eigenvalue weighted by molar-refractivity contribution is -0.384. The highest BCUT2D eigenvalue weighted by Crippen LogP contribution is 2.27. The third-order valence-corrected chi connectivity index (χ3v) is 9.54. The maximum absolute atomic E-state index is 14.4. The van der Waals surface area contributed by atoms with Gasteiger partial charge in [-0.2, -0.15) is 0 Å². The topological polar surface area (TPSA) is 130 Å². The number of nitrogens with one attached hydrogen (secondary N) is 1. The summed E-state index contributed by atoms with van der Waals surface area (Å²) in [6, 6.07) is 27.4. The van der Waals surface area contributed by atoms with E-state index in [1.807, 2.05) is 44.2 Å². The van der Waals surface area contributed by atoms with Gasteiger partial charge in [-0.05, 0) is 60.9 Å². The Morgan fingerprint density at radius 2 is 1.46 bits per heavy atom. The fourth-order valence-corrected chi connectivity index (χ4v) is 6.33. The number of hydrogen-bond acceptors (Lipinski definition) is 6. The zero-order chi connectivity index (χ0) is 33.3. The van der Waals surface area contributed by atoms with Crippen LogP contribution in [0.5, 0.6) is 0 Å². The Balaban J connectivity index is 1.81. The lowest BCUT2D eigenvalue weighted by Crippen LogP contribution is -2.54. The molecule has 4 rings (SSSR count). The van der Waals surface area contributed by atoms with Gasteiger partial charge in [0.2, 0.25) is 11.8 Å². The van der Waals surface area contributed by atoms with Crippen LogP contribution in [-0.2, 0) is 32.6 Å². The van der Waals surface area contributed by atoms with Gasteiger partial charge >= 0.3 is 0 Å². The molecule has 0 aliphatic carbocycles. The molecule has 1 N–H and O–H groups in total. The first-order valence-corrected chi connectivity index (χ1v) is 16.5. The Morgan fingerprint density at radius 1 is 0.870 bits per heavy atom. The predicted octanol–water partition coefficient (Wildman–Crippen LogP) is 6.00. The van der Waals surface area contributed by atoms with E-state index in [2.05, 4.69) is 5.32 Å². The maximum Gasteiger partial charge on any atom is 0.269 e. The molecule has 46 heavy (non-hydrogen) atoms. The molecule has 0 radical (unpaired) electrons. The van der Waals surface area contributed by atoms with Gasteiger partial charge in [-0.15, -0.1) is 0 Å². The summed E-state index contributed by atoms with van der Waals surface area (Å²) in [6.45, 7) is 3.11. The van der Waals surface area contributed by atoms with E-state index in [0.29, 0.717) is 17.0 Å². The monoisotopic (exact) mass is 662 g/mol. The molecule has 0 saturated heterocycles. The van der Waals surface area contributed by atoms with Crippen molar-refractivity contribution in [2.45, 2.75) is 50.2 Å². The molecule has 2 amide bonds. The Bertz CT molecular complexity index is 1740. The van der Waals surface area contributed by atoms with Crippen molar-refractivity contribution < 1.29 is 22.9 Å². The van der Waals surface area contributed by atoms with Crippen molar-refractivity contribution in [1.29, 1.82) is 0 Å². The summed E-state index contributed by atoms with van der Waals surface area (Å²) in [5.74, 6) is -1.03. The second-order valence-electron chi connectivity index (χ2n) is 10.8. The number of non-ortho nitro benzene ring substituents is 1. The SMILES string of the molecule is CC[C@@H](C)NC(=O)[C@H](Cc1ccccc1)N(Cc1ccc(Cl)cc1)C(=O)CN(c1ccc([N+](=O)[O-])cc1)S(=O)(=O)c1ccccc1. The van der Waals surface area contributed by atoms with E-state index in [0.717, 1.165) is 9.87 Å². The van der Waals surface area contributed by atoms with Gasteiger partial charge in [0.15, 0.2) is 0 Å². The molecule has 0 aliphatic rings. The van der Waals surface area contributed by atoms with Crippen molar-refractivity contribution in [2.24, 2.45) is 0 Å². The number of sulfonamides is 1. The molecule has 0 bridgehead atoms. The van der Waals surface area contributed by atoms with Gasteiger partial charge in [0.1, 0.15) is 12.6 Å². The van der Waals surface area contributed by atoms with Crippen LogP contribution < -0.4 is 9.62 Å². The summed E-state index contributed by atoms with van der Waals surface area (Å²) in [4.78, 5) is 40.3. The number of anilines is 1. The first kappa shape index (κ1) is 34.1. The second-order valence-corrected chi connectivity index (χ2v) is 13.1. The number of nitrogens with zero attached hydrogens (tertiary/aromatic N) is 3. The summed E-state index contributed by atoms with van der Waals surface area (Å²) in [6.07, 6.45) is 0.837. The lowest BCUT2D eigenvalue weighted by Gasteiger charge is -2.34. The van der Waals surface area contributed by atoms with E-state index >= 15 is 0 Å². The van der Waals surface area contributed by atoms with Crippen molar-refractivity contribution in [3.8, 4) is 0 Å². The van der Waals surface area contributed by atoms with Crippen LogP contribution in [0.2, 0.25) is 5.02 Å². The molecule has 240 valence electrons. The van der Waals surface area contributed by atoms with Crippen molar-refractivity contribution in [3.05, 3.63) is 135 Å². The van der Waals surface area contributed by atoms with E-state index in [1.54, 1.807) is 42.5 Å². The number of nitro benzene ring substituents is 1. The largest absolute Gasteiger partial charge is 0.352 e. The van der Waals surface area contributed by atoms with Gasteiger partial charge in [0.05, 0.1) is 15.5 Å². The Kier molecular flexibility index (Phi) is 11.5.